The van der Waals surface area contributed by atoms with E-state index >= 15 is 0 Å². The number of carbonyl (C=O) groups is 2. The summed E-state index contributed by atoms with van der Waals surface area (Å²) in [6, 6.07) is 0. The SMILES string of the molecule is CC(C)=C(C)C(=O)OCCNCC(=O)O. The highest BCUT2D eigenvalue weighted by Crippen LogP contribution is 2.03. The third-order valence-corrected chi connectivity index (χ3v) is 1.84. The molecule has 0 radical (unpaired) electrons. The number of hydrogen-bond acceptors (Lipinski definition) is 4. The molecule has 0 saturated carbocycles. The van der Waals surface area contributed by atoms with Crippen molar-refractivity contribution < 1.29 is 19.4 Å². The lowest BCUT2D eigenvalue weighted by molar-refractivity contribution is -0.138. The van der Waals surface area contributed by atoms with Gasteiger partial charge in [-0.05, 0) is 20.8 Å². The number of hydrogen-bond donors (Lipinski definition) is 2. The van der Waals surface area contributed by atoms with E-state index < -0.39 is 5.97 Å². The molecule has 0 atom stereocenters. The Morgan fingerprint density at radius 3 is 2.33 bits per heavy atom. The first kappa shape index (κ1) is 13.6. The van der Waals surface area contributed by atoms with Gasteiger partial charge in [-0.15, -0.1) is 0 Å². The molecule has 5 nitrogen and oxygen atoms in total. The number of rotatable bonds is 6. The van der Waals surface area contributed by atoms with Crippen molar-refractivity contribution in [3.05, 3.63) is 11.1 Å². The molecule has 0 spiro atoms. The minimum absolute atomic E-state index is 0.126. The van der Waals surface area contributed by atoms with Crippen molar-refractivity contribution in [1.29, 1.82) is 0 Å². The molecule has 0 saturated heterocycles. The Kier molecular flexibility index (Phi) is 6.37. The lowest BCUT2D eigenvalue weighted by atomic mass is 10.2. The van der Waals surface area contributed by atoms with E-state index in [1.54, 1.807) is 6.92 Å². The van der Waals surface area contributed by atoms with Gasteiger partial charge in [0.1, 0.15) is 6.61 Å². The summed E-state index contributed by atoms with van der Waals surface area (Å²) in [7, 11) is 0. The van der Waals surface area contributed by atoms with Crippen LogP contribution in [0.3, 0.4) is 0 Å². The predicted octanol–water partition coefficient (Wildman–Crippen LogP) is 0.560. The average molecular weight is 215 g/mol. The fraction of sp³-hybridized carbons (Fsp3) is 0.600. The summed E-state index contributed by atoms with van der Waals surface area (Å²) in [6.07, 6.45) is 0. The number of carbonyl (C=O) groups excluding carboxylic acids is 1. The third kappa shape index (κ3) is 6.68. The standard InChI is InChI=1S/C10H17NO4/c1-7(2)8(3)10(14)15-5-4-11-6-9(12)13/h11H,4-6H2,1-3H3,(H,12,13). The molecular weight excluding hydrogens is 198 g/mol. The molecule has 15 heavy (non-hydrogen) atoms. The Morgan fingerprint density at radius 2 is 1.87 bits per heavy atom. The number of aliphatic carboxylic acids is 1. The van der Waals surface area contributed by atoms with Crippen LogP contribution >= 0.6 is 0 Å². The van der Waals surface area contributed by atoms with Gasteiger partial charge in [0.25, 0.3) is 0 Å². The van der Waals surface area contributed by atoms with E-state index in [2.05, 4.69) is 5.32 Å². The molecule has 0 aliphatic heterocycles. The topological polar surface area (TPSA) is 75.6 Å². The van der Waals surface area contributed by atoms with Crippen LogP contribution in [0.25, 0.3) is 0 Å². The number of nitrogens with one attached hydrogen (secondary N) is 1. The minimum Gasteiger partial charge on any atom is -0.480 e. The van der Waals surface area contributed by atoms with Crippen LogP contribution in [0.4, 0.5) is 0 Å². The molecule has 5 heteroatoms. The molecule has 0 bridgehead atoms. The largest absolute Gasteiger partial charge is 0.480 e. The van der Waals surface area contributed by atoms with Crippen LogP contribution in [-0.4, -0.2) is 36.7 Å². The van der Waals surface area contributed by atoms with E-state index in [0.717, 1.165) is 5.57 Å². The number of carboxylic acid groups (broad SMARTS) is 1. The Hall–Kier alpha value is -1.36. The van der Waals surface area contributed by atoms with Crippen LogP contribution in [0.2, 0.25) is 0 Å². The summed E-state index contributed by atoms with van der Waals surface area (Å²) in [5, 5.41) is 10.9. The van der Waals surface area contributed by atoms with Crippen LogP contribution in [0, 0.1) is 0 Å². The van der Waals surface area contributed by atoms with Crippen molar-refractivity contribution in [3.63, 3.8) is 0 Å². The van der Waals surface area contributed by atoms with Gasteiger partial charge in [-0.25, -0.2) is 4.79 Å². The minimum atomic E-state index is -0.929. The molecule has 0 heterocycles. The van der Waals surface area contributed by atoms with Crippen molar-refractivity contribution in [3.8, 4) is 0 Å². The van der Waals surface area contributed by atoms with E-state index in [0.29, 0.717) is 12.1 Å². The molecule has 86 valence electrons. The molecule has 0 fully saturated rings. The lowest BCUT2D eigenvalue weighted by Gasteiger charge is -2.06. The second-order valence-corrected chi connectivity index (χ2v) is 3.33. The summed E-state index contributed by atoms with van der Waals surface area (Å²) in [4.78, 5) is 21.4. The molecule has 0 aliphatic rings. The van der Waals surface area contributed by atoms with Crippen molar-refractivity contribution in [2.45, 2.75) is 20.8 Å². The normalized spacial score (nSPS) is 9.53. The third-order valence-electron chi connectivity index (χ3n) is 1.84. The van der Waals surface area contributed by atoms with Gasteiger partial charge in [0.15, 0.2) is 0 Å². The molecule has 0 aliphatic carbocycles. The van der Waals surface area contributed by atoms with E-state index in [-0.39, 0.29) is 19.1 Å². The average Bonchev–Trinajstić information content (AvgIpc) is 2.15. The van der Waals surface area contributed by atoms with E-state index in [4.69, 9.17) is 9.84 Å². The molecule has 0 amide bonds. The molecule has 0 aromatic heterocycles. The smallest absolute Gasteiger partial charge is 0.333 e. The fourth-order valence-corrected chi connectivity index (χ4v) is 0.724. The molecule has 0 rings (SSSR count). The molecule has 0 aromatic rings. The Morgan fingerprint density at radius 1 is 1.27 bits per heavy atom. The van der Waals surface area contributed by atoms with Gasteiger partial charge in [0.2, 0.25) is 0 Å². The second kappa shape index (κ2) is 7.00. The maximum atomic E-state index is 11.3. The van der Waals surface area contributed by atoms with Crippen molar-refractivity contribution in [2.75, 3.05) is 19.7 Å². The fourth-order valence-electron chi connectivity index (χ4n) is 0.724. The zero-order valence-corrected chi connectivity index (χ0v) is 9.29. The zero-order valence-electron chi connectivity index (χ0n) is 9.29. The number of ether oxygens (including phenoxy) is 1. The van der Waals surface area contributed by atoms with Crippen LogP contribution < -0.4 is 5.32 Å². The predicted molar refractivity (Wildman–Crippen MR) is 55.5 cm³/mol. The summed E-state index contributed by atoms with van der Waals surface area (Å²) in [5.41, 5.74) is 1.51. The first-order valence-electron chi connectivity index (χ1n) is 4.69. The number of esters is 1. The van der Waals surface area contributed by atoms with Gasteiger partial charge in [-0.3, -0.25) is 4.79 Å². The van der Waals surface area contributed by atoms with Crippen LogP contribution in [0.5, 0.6) is 0 Å². The monoisotopic (exact) mass is 215 g/mol. The summed E-state index contributed by atoms with van der Waals surface area (Å²) in [5.74, 6) is -1.28. The number of carboxylic acids is 1. The summed E-state index contributed by atoms with van der Waals surface area (Å²) >= 11 is 0. The first-order valence-corrected chi connectivity index (χ1v) is 4.69. The van der Waals surface area contributed by atoms with Gasteiger partial charge in [-0.2, -0.15) is 0 Å². The quantitative estimate of drug-likeness (QED) is 0.384. The van der Waals surface area contributed by atoms with Crippen LogP contribution in [0.15, 0.2) is 11.1 Å². The van der Waals surface area contributed by atoms with Gasteiger partial charge >= 0.3 is 11.9 Å². The molecular formula is C10H17NO4. The lowest BCUT2D eigenvalue weighted by Crippen LogP contribution is -2.27. The maximum absolute atomic E-state index is 11.3. The first-order chi connectivity index (χ1) is 6.95. The van der Waals surface area contributed by atoms with Gasteiger partial charge in [0.05, 0.1) is 6.54 Å². The Bertz CT molecular complexity index is 267. The van der Waals surface area contributed by atoms with E-state index in [1.807, 2.05) is 13.8 Å². The van der Waals surface area contributed by atoms with Crippen molar-refractivity contribution in [1.82, 2.24) is 5.32 Å². The summed E-state index contributed by atoms with van der Waals surface area (Å²) in [6.45, 7) is 5.75. The Balaban J connectivity index is 3.65. The van der Waals surface area contributed by atoms with Crippen LogP contribution in [-0.2, 0) is 14.3 Å². The molecule has 0 aromatic carbocycles. The van der Waals surface area contributed by atoms with Crippen molar-refractivity contribution >= 4 is 11.9 Å². The number of allylic oxidation sites excluding steroid dienone is 1. The molecule has 2 N–H and O–H groups in total. The van der Waals surface area contributed by atoms with Gasteiger partial charge < -0.3 is 15.2 Å². The zero-order chi connectivity index (χ0) is 11.8. The Labute approximate surface area is 89.1 Å². The maximum Gasteiger partial charge on any atom is 0.333 e. The highest BCUT2D eigenvalue weighted by atomic mass is 16.5. The van der Waals surface area contributed by atoms with E-state index in [1.165, 1.54) is 0 Å². The van der Waals surface area contributed by atoms with Crippen molar-refractivity contribution in [2.24, 2.45) is 0 Å². The summed E-state index contributed by atoms with van der Waals surface area (Å²) < 4.78 is 4.89. The van der Waals surface area contributed by atoms with Crippen LogP contribution in [0.1, 0.15) is 20.8 Å². The van der Waals surface area contributed by atoms with Gasteiger partial charge in [-0.1, -0.05) is 5.57 Å². The second-order valence-electron chi connectivity index (χ2n) is 3.33. The van der Waals surface area contributed by atoms with Gasteiger partial charge in [0, 0.05) is 12.1 Å². The molecule has 0 unspecified atom stereocenters. The highest BCUT2D eigenvalue weighted by Gasteiger charge is 2.06. The highest BCUT2D eigenvalue weighted by molar-refractivity contribution is 5.88. The van der Waals surface area contributed by atoms with E-state index in [9.17, 15) is 9.59 Å².